The Morgan fingerprint density at radius 2 is 1.37 bits per heavy atom. The average molecular weight is 611 g/mol. The lowest BCUT2D eigenvalue weighted by atomic mass is 9.96. The van der Waals surface area contributed by atoms with Crippen molar-refractivity contribution in [3.8, 4) is 22.6 Å². The van der Waals surface area contributed by atoms with E-state index >= 15 is 0 Å². The van der Waals surface area contributed by atoms with E-state index in [-0.39, 0.29) is 0 Å². The van der Waals surface area contributed by atoms with Crippen molar-refractivity contribution in [2.75, 3.05) is 58.1 Å². The van der Waals surface area contributed by atoms with Crippen molar-refractivity contribution in [1.82, 2.24) is 0 Å². The van der Waals surface area contributed by atoms with Crippen LogP contribution in [-0.2, 0) is 0 Å². The summed E-state index contributed by atoms with van der Waals surface area (Å²) in [4.78, 5) is 2.13. The van der Waals surface area contributed by atoms with Crippen LogP contribution >= 0.6 is 23.2 Å². The van der Waals surface area contributed by atoms with E-state index in [0.29, 0.717) is 25.0 Å². The van der Waals surface area contributed by atoms with Gasteiger partial charge in [-0.15, -0.1) is 23.2 Å². The van der Waals surface area contributed by atoms with E-state index in [1.165, 1.54) is 55.7 Å². The van der Waals surface area contributed by atoms with Crippen molar-refractivity contribution < 1.29 is 14.0 Å². The Morgan fingerprint density at radius 3 is 2.02 bits per heavy atom. The second-order valence-electron chi connectivity index (χ2n) is 11.1. The van der Waals surface area contributed by atoms with Crippen LogP contribution in [-0.4, -0.2) is 63.5 Å². The second kappa shape index (κ2) is 12.3. The highest BCUT2D eigenvalue weighted by Crippen LogP contribution is 2.48. The molecular weight excluding hydrogens is 575 g/mol. The van der Waals surface area contributed by atoms with Gasteiger partial charge in [-0.1, -0.05) is 36.4 Å². The third-order valence-electron chi connectivity index (χ3n) is 7.98. The molecule has 0 saturated heterocycles. The summed E-state index contributed by atoms with van der Waals surface area (Å²) < 4.78 is 13.9. The van der Waals surface area contributed by atoms with E-state index in [4.69, 9.17) is 32.7 Å². The first kappa shape index (κ1) is 29.1. The third kappa shape index (κ3) is 5.58. The smallest absolute Gasteiger partial charge is 0.200 e. The summed E-state index contributed by atoms with van der Waals surface area (Å²) in [5.41, 5.74) is 14.3. The molecule has 0 atom stereocenters. The second-order valence-corrected chi connectivity index (χ2v) is 11.8. The molecule has 0 spiro atoms. The molecule has 4 nitrogen and oxygen atoms in total. The normalized spacial score (nSPS) is 15.4. The molecule has 0 aliphatic heterocycles. The van der Waals surface area contributed by atoms with Gasteiger partial charge in [0.1, 0.15) is 38.8 Å². The van der Waals surface area contributed by atoms with Gasteiger partial charge in [-0.2, -0.15) is 0 Å². The van der Waals surface area contributed by atoms with Gasteiger partial charge in [0.05, 0.1) is 11.8 Å². The number of fused-ring (bicyclic) bond motifs is 6. The van der Waals surface area contributed by atoms with Crippen molar-refractivity contribution in [2.24, 2.45) is 0 Å². The Hall–Kier alpha value is -3.99. The van der Waals surface area contributed by atoms with Gasteiger partial charge >= 0.3 is 0 Å². The Bertz CT molecular complexity index is 1790. The lowest BCUT2D eigenvalue weighted by molar-refractivity contribution is -0.462. The standard InChI is InChI=1S/C37H35Cl2N2O2/c1-40(2)24-8-12-30-28(32-14-10-26(42-18-16-38)22-36(32)34(30)20-24)6-5-7-29-31-13-9-25(41(3)4)21-35(31)37-23-27(43-19-17-39)11-15-33(29)37/h5-15,20-23H,16-19H2,1-4H3/q+1. The monoisotopic (exact) mass is 609 g/mol. The Morgan fingerprint density at radius 1 is 0.744 bits per heavy atom. The van der Waals surface area contributed by atoms with E-state index in [1.54, 1.807) is 0 Å². The first-order chi connectivity index (χ1) is 20.9. The van der Waals surface area contributed by atoms with E-state index in [1.807, 2.05) is 12.1 Å². The number of rotatable bonds is 9. The van der Waals surface area contributed by atoms with Crippen molar-refractivity contribution in [3.63, 3.8) is 0 Å². The SMILES string of the molecule is CN(C)c1ccc2c(c1)-c1cc(OCCCl)ccc1C2=CC=CC1=C2C=CC(=[N+](C)C)C=C2c2cc(OCCCl)ccc21. The molecule has 0 heterocycles. The van der Waals surface area contributed by atoms with E-state index in [9.17, 15) is 0 Å². The zero-order valence-corrected chi connectivity index (χ0v) is 26.5. The van der Waals surface area contributed by atoms with E-state index in [2.05, 4.69) is 117 Å². The summed E-state index contributed by atoms with van der Waals surface area (Å²) in [6.45, 7) is 0.961. The molecule has 0 amide bonds. The molecule has 6 heteroatoms. The summed E-state index contributed by atoms with van der Waals surface area (Å²) in [7, 11) is 8.28. The van der Waals surface area contributed by atoms with Crippen LogP contribution in [0.5, 0.6) is 11.5 Å². The summed E-state index contributed by atoms with van der Waals surface area (Å²) in [5.74, 6) is 2.58. The molecule has 0 unspecified atom stereocenters. The molecule has 218 valence electrons. The summed E-state index contributed by atoms with van der Waals surface area (Å²) in [5, 5.41) is 0. The summed E-state index contributed by atoms with van der Waals surface area (Å²) in [6.07, 6.45) is 13.3. The molecule has 0 aromatic heterocycles. The lowest BCUT2D eigenvalue weighted by Crippen LogP contribution is -2.11. The molecule has 0 radical (unpaired) electrons. The highest BCUT2D eigenvalue weighted by molar-refractivity contribution is 6.18. The van der Waals surface area contributed by atoms with Crippen LogP contribution in [0.2, 0.25) is 0 Å². The van der Waals surface area contributed by atoms with Crippen LogP contribution < -0.4 is 14.4 Å². The summed E-state index contributed by atoms with van der Waals surface area (Å²) >= 11 is 11.8. The van der Waals surface area contributed by atoms with Crippen molar-refractivity contribution in [1.29, 1.82) is 0 Å². The van der Waals surface area contributed by atoms with Gasteiger partial charge in [0, 0.05) is 31.9 Å². The van der Waals surface area contributed by atoms with E-state index < -0.39 is 0 Å². The molecule has 0 saturated carbocycles. The molecular formula is C37H35Cl2N2O2+. The van der Waals surface area contributed by atoms with Crippen molar-refractivity contribution in [3.05, 3.63) is 119 Å². The van der Waals surface area contributed by atoms with Gasteiger partial charge in [0.15, 0.2) is 5.71 Å². The first-order valence-corrected chi connectivity index (χ1v) is 15.5. The maximum absolute atomic E-state index is 5.89. The molecule has 0 N–H and O–H groups in total. The van der Waals surface area contributed by atoms with Crippen molar-refractivity contribution in [2.45, 2.75) is 0 Å². The van der Waals surface area contributed by atoms with Gasteiger partial charge in [0.25, 0.3) is 0 Å². The molecule has 3 aliphatic carbocycles. The fraction of sp³-hybridized carbons (Fsp3) is 0.216. The van der Waals surface area contributed by atoms with Gasteiger partial charge in [-0.05, 0) is 98.1 Å². The minimum absolute atomic E-state index is 0.456. The lowest BCUT2D eigenvalue weighted by Gasteiger charge is -2.14. The number of anilines is 1. The molecule has 0 bridgehead atoms. The fourth-order valence-electron chi connectivity index (χ4n) is 5.88. The molecule has 3 aromatic rings. The van der Waals surface area contributed by atoms with Gasteiger partial charge in [-0.3, -0.25) is 0 Å². The topological polar surface area (TPSA) is 24.7 Å². The maximum atomic E-state index is 5.89. The average Bonchev–Trinajstić information content (AvgIpc) is 3.49. The van der Waals surface area contributed by atoms with Gasteiger partial charge in [0.2, 0.25) is 0 Å². The number of ether oxygens (including phenoxy) is 2. The molecule has 0 fully saturated rings. The minimum atomic E-state index is 0.456. The molecule has 43 heavy (non-hydrogen) atoms. The first-order valence-electron chi connectivity index (χ1n) is 14.5. The summed E-state index contributed by atoms with van der Waals surface area (Å²) in [6, 6.07) is 19.3. The van der Waals surface area contributed by atoms with Gasteiger partial charge in [-0.25, -0.2) is 4.58 Å². The number of nitrogens with zero attached hydrogens (tertiary/aromatic N) is 2. The Balaban J connectivity index is 1.42. The number of allylic oxidation sites excluding steroid dienone is 9. The van der Waals surface area contributed by atoms with Crippen LogP contribution in [0.3, 0.4) is 0 Å². The number of alkyl halides is 2. The highest BCUT2D eigenvalue weighted by atomic mass is 35.5. The maximum Gasteiger partial charge on any atom is 0.200 e. The minimum Gasteiger partial charge on any atom is -0.492 e. The zero-order chi connectivity index (χ0) is 30.1. The Kier molecular flexibility index (Phi) is 8.34. The number of hydrogen-bond donors (Lipinski definition) is 0. The Labute approximate surface area is 264 Å². The zero-order valence-electron chi connectivity index (χ0n) is 25.0. The van der Waals surface area contributed by atoms with E-state index in [0.717, 1.165) is 22.9 Å². The third-order valence-corrected chi connectivity index (χ3v) is 8.29. The van der Waals surface area contributed by atoms with Crippen molar-refractivity contribution >= 4 is 51.3 Å². The molecule has 3 aliphatic rings. The predicted molar refractivity (Wildman–Crippen MR) is 182 cm³/mol. The predicted octanol–water partition coefficient (Wildman–Crippen LogP) is 8.09. The van der Waals surface area contributed by atoms with Gasteiger partial charge < -0.3 is 14.4 Å². The van der Waals surface area contributed by atoms with Crippen LogP contribution in [0.1, 0.15) is 22.3 Å². The molecule has 6 rings (SSSR count). The van der Waals surface area contributed by atoms with Crippen LogP contribution in [0.4, 0.5) is 5.69 Å². The fourth-order valence-corrected chi connectivity index (χ4v) is 6.03. The highest BCUT2D eigenvalue weighted by Gasteiger charge is 2.28. The van der Waals surface area contributed by atoms with Crippen LogP contribution in [0.25, 0.3) is 27.8 Å². The number of halogens is 2. The number of hydrogen-bond acceptors (Lipinski definition) is 3. The van der Waals surface area contributed by atoms with Crippen LogP contribution in [0.15, 0.2) is 96.6 Å². The largest absolute Gasteiger partial charge is 0.492 e. The quantitative estimate of drug-likeness (QED) is 0.142. The van der Waals surface area contributed by atoms with Crippen LogP contribution in [0, 0.1) is 0 Å². The molecule has 3 aromatic carbocycles. The number of benzene rings is 3.